The van der Waals surface area contributed by atoms with E-state index in [1.807, 2.05) is 24.3 Å². The van der Waals surface area contributed by atoms with Crippen LogP contribution in [0.25, 0.3) is 11.0 Å². The Kier molecular flexibility index (Phi) is 4.32. The lowest BCUT2D eigenvalue weighted by Crippen LogP contribution is -2.38. The number of fused-ring (bicyclic) bond motifs is 1. The van der Waals surface area contributed by atoms with E-state index in [0.29, 0.717) is 18.8 Å². The number of likely N-dealkylation sites (tertiary alicyclic amines) is 1. The third-order valence-electron chi connectivity index (χ3n) is 4.98. The summed E-state index contributed by atoms with van der Waals surface area (Å²) < 4.78 is 21.4. The van der Waals surface area contributed by atoms with Crippen LogP contribution in [0, 0.1) is 5.82 Å². The number of nitrogens with zero attached hydrogens (tertiary/aromatic N) is 3. The second kappa shape index (κ2) is 6.78. The van der Waals surface area contributed by atoms with Crippen molar-refractivity contribution in [1.82, 2.24) is 14.5 Å². The van der Waals surface area contributed by atoms with Crippen molar-refractivity contribution in [2.24, 2.45) is 0 Å². The van der Waals surface area contributed by atoms with Gasteiger partial charge in [0, 0.05) is 19.2 Å². The summed E-state index contributed by atoms with van der Waals surface area (Å²) in [4.78, 5) is 19.1. The van der Waals surface area contributed by atoms with Crippen molar-refractivity contribution in [1.29, 1.82) is 0 Å². The van der Waals surface area contributed by atoms with Gasteiger partial charge in [-0.15, -0.1) is 0 Å². The minimum atomic E-state index is -0.548. The standard InChI is InChI=1S/C20H20FN3O2/c1-26-15-8-9-16(17(21)11-15)20(25)24-10-4-5-14(24)12-23-13-22-18-6-2-3-7-19(18)23/h2-3,6-9,11,13-14H,4-5,10,12H2,1H3/t14-/m0/s1. The number of para-hydroxylation sites is 2. The van der Waals surface area contributed by atoms with E-state index in [0.717, 1.165) is 23.9 Å². The van der Waals surface area contributed by atoms with E-state index in [9.17, 15) is 9.18 Å². The van der Waals surface area contributed by atoms with Crippen molar-refractivity contribution < 1.29 is 13.9 Å². The van der Waals surface area contributed by atoms with Gasteiger partial charge in [-0.25, -0.2) is 9.37 Å². The molecule has 1 aliphatic heterocycles. The first kappa shape index (κ1) is 16.6. The minimum Gasteiger partial charge on any atom is -0.497 e. The maximum Gasteiger partial charge on any atom is 0.257 e. The van der Waals surface area contributed by atoms with E-state index in [1.165, 1.54) is 19.2 Å². The normalized spacial score (nSPS) is 17.0. The SMILES string of the molecule is COc1ccc(C(=O)N2CCC[C@H]2Cn2cnc3ccccc32)c(F)c1. The molecule has 1 aromatic heterocycles. The zero-order valence-electron chi connectivity index (χ0n) is 14.6. The zero-order valence-corrected chi connectivity index (χ0v) is 14.6. The van der Waals surface area contributed by atoms with Gasteiger partial charge in [-0.05, 0) is 37.1 Å². The summed E-state index contributed by atoms with van der Waals surface area (Å²) in [6.07, 6.45) is 3.62. The number of halogens is 1. The molecule has 3 aromatic rings. The summed E-state index contributed by atoms with van der Waals surface area (Å²) in [5, 5.41) is 0. The van der Waals surface area contributed by atoms with Crippen molar-refractivity contribution in [3.8, 4) is 5.75 Å². The monoisotopic (exact) mass is 353 g/mol. The highest BCUT2D eigenvalue weighted by Crippen LogP contribution is 2.25. The fourth-order valence-electron chi connectivity index (χ4n) is 3.63. The molecule has 1 atom stereocenters. The van der Waals surface area contributed by atoms with Crippen LogP contribution in [-0.4, -0.2) is 40.1 Å². The first-order chi connectivity index (χ1) is 12.7. The molecular weight excluding hydrogens is 333 g/mol. The van der Waals surface area contributed by atoms with Crippen LogP contribution in [0.2, 0.25) is 0 Å². The first-order valence-electron chi connectivity index (χ1n) is 8.72. The molecule has 2 heterocycles. The van der Waals surface area contributed by atoms with Gasteiger partial charge in [-0.3, -0.25) is 4.79 Å². The maximum absolute atomic E-state index is 14.3. The molecule has 0 aliphatic carbocycles. The molecule has 1 amide bonds. The fourth-order valence-corrected chi connectivity index (χ4v) is 3.63. The summed E-state index contributed by atoms with van der Waals surface area (Å²) in [5.74, 6) is -0.410. The van der Waals surface area contributed by atoms with E-state index < -0.39 is 5.82 Å². The Morgan fingerprint density at radius 1 is 1.31 bits per heavy atom. The van der Waals surface area contributed by atoms with Crippen LogP contribution >= 0.6 is 0 Å². The van der Waals surface area contributed by atoms with Gasteiger partial charge >= 0.3 is 0 Å². The molecule has 2 aromatic carbocycles. The highest BCUT2D eigenvalue weighted by Gasteiger charge is 2.31. The second-order valence-corrected chi connectivity index (χ2v) is 6.53. The number of ether oxygens (including phenoxy) is 1. The van der Waals surface area contributed by atoms with Crippen molar-refractivity contribution in [2.75, 3.05) is 13.7 Å². The molecule has 0 bridgehead atoms. The van der Waals surface area contributed by atoms with E-state index in [1.54, 1.807) is 17.3 Å². The molecule has 26 heavy (non-hydrogen) atoms. The van der Waals surface area contributed by atoms with Gasteiger partial charge < -0.3 is 14.2 Å². The Balaban J connectivity index is 1.57. The van der Waals surface area contributed by atoms with Crippen LogP contribution in [0.3, 0.4) is 0 Å². The number of hydrogen-bond acceptors (Lipinski definition) is 3. The highest BCUT2D eigenvalue weighted by molar-refractivity contribution is 5.95. The van der Waals surface area contributed by atoms with Crippen molar-refractivity contribution in [2.45, 2.75) is 25.4 Å². The van der Waals surface area contributed by atoms with Crippen molar-refractivity contribution >= 4 is 16.9 Å². The van der Waals surface area contributed by atoms with E-state index in [2.05, 4.69) is 9.55 Å². The van der Waals surface area contributed by atoms with Crippen LogP contribution < -0.4 is 4.74 Å². The smallest absolute Gasteiger partial charge is 0.257 e. The Labute approximate surface area is 151 Å². The van der Waals surface area contributed by atoms with E-state index >= 15 is 0 Å². The number of benzene rings is 2. The summed E-state index contributed by atoms with van der Waals surface area (Å²) in [6, 6.07) is 12.3. The third-order valence-corrected chi connectivity index (χ3v) is 4.98. The van der Waals surface area contributed by atoms with Crippen LogP contribution in [0.4, 0.5) is 4.39 Å². The zero-order chi connectivity index (χ0) is 18.1. The molecule has 5 nitrogen and oxygen atoms in total. The Morgan fingerprint density at radius 3 is 2.96 bits per heavy atom. The number of carbonyl (C=O) groups excluding carboxylic acids is 1. The third kappa shape index (κ3) is 2.92. The predicted molar refractivity (Wildman–Crippen MR) is 96.7 cm³/mol. The quantitative estimate of drug-likeness (QED) is 0.721. The first-order valence-corrected chi connectivity index (χ1v) is 8.72. The van der Waals surface area contributed by atoms with Crippen LogP contribution in [0.15, 0.2) is 48.8 Å². The number of imidazole rings is 1. The predicted octanol–water partition coefficient (Wildman–Crippen LogP) is 3.49. The number of carbonyl (C=O) groups is 1. The molecule has 134 valence electrons. The van der Waals surface area contributed by atoms with Crippen LogP contribution in [0.5, 0.6) is 5.75 Å². The summed E-state index contributed by atoms with van der Waals surface area (Å²) in [6.45, 7) is 1.30. The largest absolute Gasteiger partial charge is 0.497 e. The van der Waals surface area contributed by atoms with Gasteiger partial charge in [0.2, 0.25) is 0 Å². The lowest BCUT2D eigenvalue weighted by atomic mass is 10.1. The van der Waals surface area contributed by atoms with Gasteiger partial charge in [0.15, 0.2) is 0 Å². The number of rotatable bonds is 4. The van der Waals surface area contributed by atoms with Crippen molar-refractivity contribution in [3.05, 3.63) is 60.2 Å². The van der Waals surface area contributed by atoms with Crippen LogP contribution in [-0.2, 0) is 6.54 Å². The summed E-state index contributed by atoms with van der Waals surface area (Å²) >= 11 is 0. The topological polar surface area (TPSA) is 47.4 Å². The maximum atomic E-state index is 14.3. The Hall–Kier alpha value is -2.89. The molecule has 6 heteroatoms. The van der Waals surface area contributed by atoms with E-state index in [-0.39, 0.29) is 17.5 Å². The summed E-state index contributed by atoms with van der Waals surface area (Å²) in [7, 11) is 1.47. The number of amides is 1. The lowest BCUT2D eigenvalue weighted by Gasteiger charge is -2.25. The van der Waals surface area contributed by atoms with Crippen molar-refractivity contribution in [3.63, 3.8) is 0 Å². The van der Waals surface area contributed by atoms with Gasteiger partial charge in [0.1, 0.15) is 11.6 Å². The molecule has 0 saturated carbocycles. The molecule has 0 spiro atoms. The van der Waals surface area contributed by atoms with Gasteiger partial charge in [0.05, 0.1) is 36.1 Å². The van der Waals surface area contributed by atoms with Gasteiger partial charge in [-0.2, -0.15) is 0 Å². The van der Waals surface area contributed by atoms with Gasteiger partial charge in [0.25, 0.3) is 5.91 Å². The van der Waals surface area contributed by atoms with Gasteiger partial charge in [-0.1, -0.05) is 12.1 Å². The number of hydrogen-bond donors (Lipinski definition) is 0. The molecular formula is C20H20FN3O2. The van der Waals surface area contributed by atoms with Crippen LogP contribution in [0.1, 0.15) is 23.2 Å². The molecule has 1 aliphatic rings. The lowest BCUT2D eigenvalue weighted by molar-refractivity contribution is 0.0720. The number of aromatic nitrogens is 2. The molecule has 0 radical (unpaired) electrons. The minimum absolute atomic E-state index is 0.0293. The second-order valence-electron chi connectivity index (χ2n) is 6.53. The molecule has 4 rings (SSSR count). The molecule has 0 unspecified atom stereocenters. The molecule has 1 saturated heterocycles. The fraction of sp³-hybridized carbons (Fsp3) is 0.300. The average molecular weight is 353 g/mol. The summed E-state index contributed by atoms with van der Waals surface area (Å²) in [5.41, 5.74) is 2.07. The highest BCUT2D eigenvalue weighted by atomic mass is 19.1. The molecule has 0 N–H and O–H groups in total. The Morgan fingerprint density at radius 2 is 2.15 bits per heavy atom. The number of methoxy groups -OCH3 is 1. The van der Waals surface area contributed by atoms with E-state index in [4.69, 9.17) is 4.74 Å². The Bertz CT molecular complexity index is 953. The average Bonchev–Trinajstić information content (AvgIpc) is 3.29. The molecule has 1 fully saturated rings.